The number of alkyl halides is 2. The van der Waals surface area contributed by atoms with Gasteiger partial charge in [0.05, 0.1) is 0 Å². The molecule has 1 saturated heterocycles. The molecule has 2 unspecified atom stereocenters. The Morgan fingerprint density at radius 3 is 2.67 bits per heavy atom. The van der Waals surface area contributed by atoms with Gasteiger partial charge < -0.3 is 5.73 Å². The fourth-order valence-corrected chi connectivity index (χ4v) is 3.44. The van der Waals surface area contributed by atoms with Gasteiger partial charge in [-0.2, -0.15) is 0 Å². The third-order valence-corrected chi connectivity index (χ3v) is 4.52. The van der Waals surface area contributed by atoms with Crippen molar-refractivity contribution in [2.45, 2.75) is 51.6 Å². The summed E-state index contributed by atoms with van der Waals surface area (Å²) in [5.74, 6) is 0.336. The maximum atomic E-state index is 13.0. The van der Waals surface area contributed by atoms with Crippen LogP contribution in [0.4, 0.5) is 8.78 Å². The van der Waals surface area contributed by atoms with E-state index in [1.54, 1.807) is 12.1 Å². The highest BCUT2D eigenvalue weighted by molar-refractivity contribution is 5.28. The van der Waals surface area contributed by atoms with Gasteiger partial charge in [-0.1, -0.05) is 24.6 Å². The Morgan fingerprint density at radius 2 is 2.05 bits per heavy atom. The third kappa shape index (κ3) is 3.80. The van der Waals surface area contributed by atoms with Gasteiger partial charge in [-0.25, -0.2) is 8.78 Å². The van der Waals surface area contributed by atoms with Crippen LogP contribution in [-0.4, -0.2) is 24.0 Å². The lowest BCUT2D eigenvalue weighted by Gasteiger charge is -2.38. The molecule has 2 nitrogen and oxygen atoms in total. The van der Waals surface area contributed by atoms with Gasteiger partial charge in [-0.15, -0.1) is 0 Å². The molecule has 2 rings (SSSR count). The number of nitrogens with zero attached hydrogens (tertiary/aromatic N) is 1. The highest BCUT2D eigenvalue weighted by Crippen LogP contribution is 2.37. The molecule has 21 heavy (non-hydrogen) atoms. The first-order chi connectivity index (χ1) is 10.0. The smallest absolute Gasteiger partial charge is 0.263 e. The molecule has 0 spiro atoms. The Bertz CT molecular complexity index is 448. The zero-order valence-electron chi connectivity index (χ0n) is 12.9. The monoisotopic (exact) mass is 296 g/mol. The molecule has 1 aliphatic heterocycles. The molecule has 1 heterocycles. The molecule has 118 valence electrons. The maximum Gasteiger partial charge on any atom is 0.263 e. The van der Waals surface area contributed by atoms with Crippen LogP contribution in [-0.2, 0) is 0 Å². The van der Waals surface area contributed by atoms with Gasteiger partial charge in [0.2, 0.25) is 0 Å². The van der Waals surface area contributed by atoms with Crippen molar-refractivity contribution in [1.82, 2.24) is 4.90 Å². The Morgan fingerprint density at radius 1 is 1.29 bits per heavy atom. The number of benzene rings is 1. The van der Waals surface area contributed by atoms with Crippen LogP contribution in [0.1, 0.15) is 56.7 Å². The van der Waals surface area contributed by atoms with Gasteiger partial charge >= 0.3 is 0 Å². The Labute approximate surface area is 126 Å². The van der Waals surface area contributed by atoms with E-state index in [0.29, 0.717) is 18.5 Å². The molecule has 0 bridgehead atoms. The van der Waals surface area contributed by atoms with Crippen molar-refractivity contribution in [2.75, 3.05) is 13.1 Å². The lowest BCUT2D eigenvalue weighted by Crippen LogP contribution is -2.39. The summed E-state index contributed by atoms with van der Waals surface area (Å²) in [5, 5.41) is 0. The van der Waals surface area contributed by atoms with Crippen LogP contribution in [0, 0.1) is 5.92 Å². The average molecular weight is 296 g/mol. The van der Waals surface area contributed by atoms with E-state index in [9.17, 15) is 8.78 Å². The molecule has 2 atom stereocenters. The van der Waals surface area contributed by atoms with Crippen molar-refractivity contribution in [3.8, 4) is 0 Å². The van der Waals surface area contributed by atoms with Crippen molar-refractivity contribution in [1.29, 1.82) is 0 Å². The molecule has 0 aliphatic carbocycles. The van der Waals surface area contributed by atoms with Crippen LogP contribution < -0.4 is 5.73 Å². The van der Waals surface area contributed by atoms with E-state index in [4.69, 9.17) is 5.73 Å². The Balaban J connectivity index is 2.39. The van der Waals surface area contributed by atoms with Gasteiger partial charge in [0, 0.05) is 17.6 Å². The SMILES string of the molecule is CC(C)N1CCCCC(CN)C1c1cccc(C(F)F)c1. The summed E-state index contributed by atoms with van der Waals surface area (Å²) in [7, 11) is 0. The van der Waals surface area contributed by atoms with Crippen LogP contribution in [0.3, 0.4) is 0 Å². The maximum absolute atomic E-state index is 13.0. The van der Waals surface area contributed by atoms with Gasteiger partial charge in [-0.3, -0.25) is 4.90 Å². The Kier molecular flexibility index (Phi) is 5.71. The summed E-state index contributed by atoms with van der Waals surface area (Å²) in [4.78, 5) is 2.43. The number of rotatable bonds is 4. The molecule has 1 aromatic carbocycles. The topological polar surface area (TPSA) is 29.3 Å². The molecule has 0 radical (unpaired) electrons. The van der Waals surface area contributed by atoms with Crippen LogP contribution >= 0.6 is 0 Å². The molecule has 2 N–H and O–H groups in total. The predicted octanol–water partition coefficient (Wildman–Crippen LogP) is 4.13. The summed E-state index contributed by atoms with van der Waals surface area (Å²) in [6, 6.07) is 7.42. The molecule has 1 aliphatic rings. The first kappa shape index (κ1) is 16.4. The van der Waals surface area contributed by atoms with Gasteiger partial charge in [0.15, 0.2) is 0 Å². The first-order valence-electron chi connectivity index (χ1n) is 7.88. The summed E-state index contributed by atoms with van der Waals surface area (Å²) in [6.07, 6.45) is 0.971. The molecular weight excluding hydrogens is 270 g/mol. The van der Waals surface area contributed by atoms with Crippen molar-refractivity contribution >= 4 is 0 Å². The number of nitrogens with two attached hydrogens (primary N) is 1. The second-order valence-electron chi connectivity index (χ2n) is 6.24. The number of halogens is 2. The largest absolute Gasteiger partial charge is 0.330 e. The minimum absolute atomic E-state index is 0.108. The zero-order chi connectivity index (χ0) is 15.4. The molecule has 1 aromatic rings. The molecule has 4 heteroatoms. The second-order valence-corrected chi connectivity index (χ2v) is 6.24. The van der Waals surface area contributed by atoms with Crippen molar-refractivity contribution in [3.63, 3.8) is 0 Å². The van der Waals surface area contributed by atoms with Crippen molar-refractivity contribution in [2.24, 2.45) is 11.7 Å². The van der Waals surface area contributed by atoms with Crippen LogP contribution in [0.5, 0.6) is 0 Å². The lowest BCUT2D eigenvalue weighted by atomic mass is 9.88. The lowest BCUT2D eigenvalue weighted by molar-refractivity contribution is 0.120. The van der Waals surface area contributed by atoms with E-state index >= 15 is 0 Å². The summed E-state index contributed by atoms with van der Waals surface area (Å²) < 4.78 is 26.0. The van der Waals surface area contributed by atoms with E-state index in [-0.39, 0.29) is 11.6 Å². The minimum atomic E-state index is -2.42. The average Bonchev–Trinajstić information content (AvgIpc) is 2.69. The fourth-order valence-electron chi connectivity index (χ4n) is 3.44. The van der Waals surface area contributed by atoms with Crippen LogP contribution in [0.25, 0.3) is 0 Å². The standard InChI is InChI=1S/C17H26F2N2/c1-12(2)21-9-4-3-6-15(11-20)16(21)13-7-5-8-14(10-13)17(18)19/h5,7-8,10,12,15-17H,3-4,6,9,11,20H2,1-2H3. The zero-order valence-corrected chi connectivity index (χ0v) is 12.9. The number of likely N-dealkylation sites (tertiary alicyclic amines) is 1. The molecular formula is C17H26F2N2. The number of hydrogen-bond donors (Lipinski definition) is 1. The predicted molar refractivity (Wildman–Crippen MR) is 82.4 cm³/mol. The van der Waals surface area contributed by atoms with E-state index in [1.165, 1.54) is 6.07 Å². The number of hydrogen-bond acceptors (Lipinski definition) is 2. The highest BCUT2D eigenvalue weighted by Gasteiger charge is 2.32. The third-order valence-electron chi connectivity index (χ3n) is 4.52. The van der Waals surface area contributed by atoms with Gasteiger partial charge in [0.25, 0.3) is 6.43 Å². The molecule has 0 aromatic heterocycles. The quantitative estimate of drug-likeness (QED) is 0.905. The summed E-state index contributed by atoms with van der Waals surface area (Å²) >= 11 is 0. The van der Waals surface area contributed by atoms with E-state index in [0.717, 1.165) is 31.4 Å². The van der Waals surface area contributed by atoms with Gasteiger partial charge in [0.1, 0.15) is 0 Å². The normalized spacial score (nSPS) is 24.5. The summed E-state index contributed by atoms with van der Waals surface area (Å²) in [6.45, 7) is 5.95. The summed E-state index contributed by atoms with van der Waals surface area (Å²) in [5.41, 5.74) is 7.08. The van der Waals surface area contributed by atoms with E-state index in [2.05, 4.69) is 18.7 Å². The molecule has 0 amide bonds. The fraction of sp³-hybridized carbons (Fsp3) is 0.647. The second kappa shape index (κ2) is 7.32. The van der Waals surface area contributed by atoms with Crippen molar-refractivity contribution in [3.05, 3.63) is 35.4 Å². The van der Waals surface area contributed by atoms with Crippen LogP contribution in [0.15, 0.2) is 24.3 Å². The van der Waals surface area contributed by atoms with E-state index in [1.807, 2.05) is 6.07 Å². The molecule has 0 saturated carbocycles. The first-order valence-corrected chi connectivity index (χ1v) is 7.88. The van der Waals surface area contributed by atoms with E-state index < -0.39 is 6.43 Å². The Hall–Kier alpha value is -1.00. The molecule has 1 fully saturated rings. The van der Waals surface area contributed by atoms with Crippen molar-refractivity contribution < 1.29 is 8.78 Å². The van der Waals surface area contributed by atoms with Crippen LogP contribution in [0.2, 0.25) is 0 Å². The van der Waals surface area contributed by atoms with Gasteiger partial charge in [-0.05, 0) is 57.3 Å². The highest BCUT2D eigenvalue weighted by atomic mass is 19.3. The minimum Gasteiger partial charge on any atom is -0.330 e.